The number of carbonyl (C=O) groups is 1. The van der Waals surface area contributed by atoms with Crippen LogP contribution in [-0.4, -0.2) is 25.2 Å². The molecule has 1 rings (SSSR count). The van der Waals surface area contributed by atoms with Crippen LogP contribution in [0.3, 0.4) is 0 Å². The predicted molar refractivity (Wildman–Crippen MR) is 69.8 cm³/mol. The van der Waals surface area contributed by atoms with Crippen LogP contribution in [0, 0.1) is 11.8 Å². The van der Waals surface area contributed by atoms with Crippen LogP contribution in [-0.2, 0) is 9.53 Å². The monoisotopic (exact) mass is 241 g/mol. The van der Waals surface area contributed by atoms with E-state index in [0.29, 0.717) is 6.42 Å². The number of carbonyl (C=O) groups excluding carboxylic acids is 1. The van der Waals surface area contributed by atoms with Crippen LogP contribution >= 0.6 is 0 Å². The summed E-state index contributed by atoms with van der Waals surface area (Å²) >= 11 is 0. The van der Waals surface area contributed by atoms with Crippen molar-refractivity contribution in [3.63, 3.8) is 0 Å². The molecule has 0 radical (unpaired) electrons. The lowest BCUT2D eigenvalue weighted by atomic mass is 9.71. The molecule has 100 valence electrons. The molecule has 0 unspecified atom stereocenters. The maximum absolute atomic E-state index is 11.5. The van der Waals surface area contributed by atoms with Crippen molar-refractivity contribution >= 4 is 5.97 Å². The highest BCUT2D eigenvalue weighted by atomic mass is 16.5. The van der Waals surface area contributed by atoms with E-state index >= 15 is 0 Å². The highest BCUT2D eigenvalue weighted by Gasteiger charge is 2.37. The van der Waals surface area contributed by atoms with Crippen molar-refractivity contribution in [2.24, 2.45) is 11.8 Å². The Morgan fingerprint density at radius 2 is 2.00 bits per heavy atom. The number of hydrogen-bond donors (Lipinski definition) is 1. The molecule has 0 bridgehead atoms. The Balaban J connectivity index is 2.59. The average molecular weight is 241 g/mol. The van der Waals surface area contributed by atoms with E-state index in [1.165, 1.54) is 20.0 Å². The number of hydrogen-bond acceptors (Lipinski definition) is 3. The van der Waals surface area contributed by atoms with Crippen LogP contribution in [0.25, 0.3) is 0 Å². The molecule has 0 saturated heterocycles. The first kappa shape index (κ1) is 14.5. The lowest BCUT2D eigenvalue weighted by molar-refractivity contribution is -0.142. The quantitative estimate of drug-likeness (QED) is 0.752. The molecule has 1 saturated carbocycles. The lowest BCUT2D eigenvalue weighted by Crippen LogP contribution is -2.49. The zero-order valence-corrected chi connectivity index (χ0v) is 11.7. The molecule has 0 aliphatic heterocycles. The molecule has 17 heavy (non-hydrogen) atoms. The first-order valence-electron chi connectivity index (χ1n) is 6.85. The second-order valence-electron chi connectivity index (χ2n) is 5.65. The van der Waals surface area contributed by atoms with Gasteiger partial charge in [-0.2, -0.15) is 0 Å². The molecule has 1 aliphatic carbocycles. The van der Waals surface area contributed by atoms with Crippen molar-refractivity contribution in [1.29, 1.82) is 0 Å². The van der Waals surface area contributed by atoms with E-state index in [0.717, 1.165) is 31.2 Å². The van der Waals surface area contributed by atoms with Gasteiger partial charge in [0.05, 0.1) is 13.5 Å². The molecule has 0 amide bonds. The van der Waals surface area contributed by atoms with Crippen molar-refractivity contribution in [2.75, 3.05) is 13.7 Å². The minimum atomic E-state index is -0.0889. The van der Waals surface area contributed by atoms with Gasteiger partial charge >= 0.3 is 5.97 Å². The van der Waals surface area contributed by atoms with Gasteiger partial charge in [-0.15, -0.1) is 0 Å². The van der Waals surface area contributed by atoms with E-state index in [-0.39, 0.29) is 11.5 Å². The van der Waals surface area contributed by atoms with Crippen LogP contribution in [0.5, 0.6) is 0 Å². The van der Waals surface area contributed by atoms with Crippen LogP contribution in [0.2, 0.25) is 0 Å². The second-order valence-corrected chi connectivity index (χ2v) is 5.65. The Hall–Kier alpha value is -0.570. The van der Waals surface area contributed by atoms with Gasteiger partial charge in [0, 0.05) is 5.54 Å². The molecule has 3 heteroatoms. The highest BCUT2D eigenvalue weighted by Crippen LogP contribution is 2.37. The number of ether oxygens (including phenoxy) is 1. The molecule has 0 spiro atoms. The standard InChI is InChI=1S/C14H27NO2/c1-5-15-14(10-13(16)17-4)8-6-12(7-9-14)11(2)3/h11-12,15H,5-10H2,1-4H3. The molecule has 0 atom stereocenters. The van der Waals surface area contributed by atoms with Gasteiger partial charge in [-0.05, 0) is 44.1 Å². The Labute approximate surface area is 105 Å². The van der Waals surface area contributed by atoms with Gasteiger partial charge in [-0.3, -0.25) is 4.79 Å². The molecular weight excluding hydrogens is 214 g/mol. The fourth-order valence-corrected chi connectivity index (χ4v) is 3.00. The van der Waals surface area contributed by atoms with Crippen molar-refractivity contribution in [2.45, 2.75) is 58.4 Å². The molecule has 0 aromatic heterocycles. The molecule has 0 heterocycles. The SMILES string of the molecule is CCNC1(CC(=O)OC)CCC(C(C)C)CC1. The summed E-state index contributed by atoms with van der Waals surface area (Å²) in [4.78, 5) is 11.5. The third kappa shape index (κ3) is 3.98. The van der Waals surface area contributed by atoms with E-state index in [1.807, 2.05) is 0 Å². The Bertz CT molecular complexity index is 243. The van der Waals surface area contributed by atoms with E-state index in [4.69, 9.17) is 4.74 Å². The van der Waals surface area contributed by atoms with Gasteiger partial charge in [-0.25, -0.2) is 0 Å². The van der Waals surface area contributed by atoms with Crippen molar-refractivity contribution in [3.8, 4) is 0 Å². The summed E-state index contributed by atoms with van der Waals surface area (Å²) in [5, 5.41) is 3.52. The van der Waals surface area contributed by atoms with Gasteiger partial charge in [0.1, 0.15) is 0 Å². The van der Waals surface area contributed by atoms with Crippen molar-refractivity contribution in [1.82, 2.24) is 5.32 Å². The lowest BCUT2D eigenvalue weighted by Gasteiger charge is -2.41. The third-order valence-electron chi connectivity index (χ3n) is 4.19. The third-order valence-corrected chi connectivity index (χ3v) is 4.19. The first-order chi connectivity index (χ1) is 8.03. The maximum Gasteiger partial charge on any atom is 0.307 e. The number of methoxy groups -OCH3 is 1. The molecule has 1 fully saturated rings. The largest absolute Gasteiger partial charge is 0.469 e. The molecule has 3 nitrogen and oxygen atoms in total. The predicted octanol–water partition coefficient (Wildman–Crippen LogP) is 2.74. The van der Waals surface area contributed by atoms with Crippen LogP contribution < -0.4 is 5.32 Å². The summed E-state index contributed by atoms with van der Waals surface area (Å²) < 4.78 is 4.82. The molecule has 0 aromatic carbocycles. The minimum Gasteiger partial charge on any atom is -0.469 e. The Kier molecular flexibility index (Phi) is 5.44. The van der Waals surface area contributed by atoms with E-state index in [2.05, 4.69) is 26.1 Å². The van der Waals surface area contributed by atoms with Crippen molar-refractivity contribution in [3.05, 3.63) is 0 Å². The molecule has 1 N–H and O–H groups in total. The minimum absolute atomic E-state index is 0.00671. The molecule has 0 aromatic rings. The van der Waals surface area contributed by atoms with E-state index < -0.39 is 0 Å². The molecule has 1 aliphatic rings. The van der Waals surface area contributed by atoms with Crippen LogP contribution in [0.15, 0.2) is 0 Å². The summed E-state index contributed by atoms with van der Waals surface area (Å²) in [7, 11) is 1.47. The Morgan fingerprint density at radius 3 is 2.41 bits per heavy atom. The van der Waals surface area contributed by atoms with E-state index in [1.54, 1.807) is 0 Å². The summed E-state index contributed by atoms with van der Waals surface area (Å²) in [6.07, 6.45) is 5.16. The normalized spacial score (nSPS) is 29.4. The summed E-state index contributed by atoms with van der Waals surface area (Å²) in [5.74, 6) is 1.49. The van der Waals surface area contributed by atoms with E-state index in [9.17, 15) is 4.79 Å². The Morgan fingerprint density at radius 1 is 1.41 bits per heavy atom. The van der Waals surface area contributed by atoms with Gasteiger partial charge < -0.3 is 10.1 Å². The second kappa shape index (κ2) is 6.39. The van der Waals surface area contributed by atoms with Gasteiger partial charge in [0.2, 0.25) is 0 Å². The fraction of sp³-hybridized carbons (Fsp3) is 0.929. The molecular formula is C14H27NO2. The number of esters is 1. The topological polar surface area (TPSA) is 38.3 Å². The van der Waals surface area contributed by atoms with Crippen LogP contribution in [0.1, 0.15) is 52.9 Å². The van der Waals surface area contributed by atoms with Gasteiger partial charge in [0.15, 0.2) is 0 Å². The zero-order valence-electron chi connectivity index (χ0n) is 11.7. The number of rotatable bonds is 5. The maximum atomic E-state index is 11.5. The number of nitrogens with one attached hydrogen (secondary N) is 1. The summed E-state index contributed by atoms with van der Waals surface area (Å²) in [6.45, 7) is 7.62. The highest BCUT2D eigenvalue weighted by molar-refractivity contribution is 5.70. The average Bonchev–Trinajstić information content (AvgIpc) is 2.29. The fourth-order valence-electron chi connectivity index (χ4n) is 3.00. The summed E-state index contributed by atoms with van der Waals surface area (Å²) in [5.41, 5.74) is -0.00671. The van der Waals surface area contributed by atoms with Gasteiger partial charge in [0.25, 0.3) is 0 Å². The van der Waals surface area contributed by atoms with Crippen molar-refractivity contribution < 1.29 is 9.53 Å². The first-order valence-corrected chi connectivity index (χ1v) is 6.85. The smallest absolute Gasteiger partial charge is 0.307 e. The van der Waals surface area contributed by atoms with Crippen LogP contribution in [0.4, 0.5) is 0 Å². The van der Waals surface area contributed by atoms with Gasteiger partial charge in [-0.1, -0.05) is 20.8 Å². The summed E-state index contributed by atoms with van der Waals surface area (Å²) in [6, 6.07) is 0. The zero-order chi connectivity index (χ0) is 12.9.